The molecule has 0 aromatic carbocycles. The second-order valence-electron chi connectivity index (χ2n) is 5.87. The number of carbonyl (C=O) groups excluding carboxylic acids is 1. The number of carbonyl (C=O) groups is 1. The zero-order chi connectivity index (χ0) is 16.4. The number of rotatable bonds is 4. The second-order valence-corrected chi connectivity index (χ2v) is 8.04. The number of hydrogen-bond donors (Lipinski definition) is 1. The number of amides is 1. The zero-order valence-electron chi connectivity index (χ0n) is 14.2. The summed E-state index contributed by atoms with van der Waals surface area (Å²) < 4.78 is 0. The van der Waals surface area contributed by atoms with Gasteiger partial charge in [0.25, 0.3) is 0 Å². The highest BCUT2D eigenvalue weighted by Gasteiger charge is 2.22. The number of aromatic nitrogens is 2. The number of fused-ring (bicyclic) bond motifs is 1. The molecule has 5 nitrogen and oxygen atoms in total. The summed E-state index contributed by atoms with van der Waals surface area (Å²) in [4.78, 5) is 25.4. The van der Waals surface area contributed by atoms with Crippen molar-refractivity contribution in [3.05, 3.63) is 16.8 Å². The predicted molar refractivity (Wildman–Crippen MR) is 104 cm³/mol. The summed E-state index contributed by atoms with van der Waals surface area (Å²) in [5.74, 6) is 0.658. The van der Waals surface area contributed by atoms with Crippen LogP contribution in [-0.4, -0.2) is 52.7 Å². The molecule has 0 aliphatic carbocycles. The van der Waals surface area contributed by atoms with Crippen molar-refractivity contribution in [3.8, 4) is 0 Å². The second kappa shape index (κ2) is 8.47. The molecule has 132 valence electrons. The van der Waals surface area contributed by atoms with Gasteiger partial charge in [-0.3, -0.25) is 4.79 Å². The third-order valence-electron chi connectivity index (χ3n) is 4.52. The van der Waals surface area contributed by atoms with E-state index in [0.29, 0.717) is 11.8 Å². The van der Waals surface area contributed by atoms with Crippen LogP contribution in [0.4, 0.5) is 0 Å². The van der Waals surface area contributed by atoms with Crippen LogP contribution in [0.3, 0.4) is 0 Å². The van der Waals surface area contributed by atoms with Crippen LogP contribution in [-0.2, 0) is 4.79 Å². The van der Waals surface area contributed by atoms with E-state index < -0.39 is 0 Å². The van der Waals surface area contributed by atoms with E-state index in [9.17, 15) is 4.79 Å². The summed E-state index contributed by atoms with van der Waals surface area (Å²) in [7, 11) is 1.99. The number of nitrogens with one attached hydrogen (secondary N) is 1. The fourth-order valence-corrected chi connectivity index (χ4v) is 4.92. The number of likely N-dealkylation sites (tertiary alicyclic amines) is 1. The highest BCUT2D eigenvalue weighted by atomic mass is 35.5. The Morgan fingerprint density at radius 1 is 1.38 bits per heavy atom. The monoisotopic (exact) mass is 386 g/mol. The van der Waals surface area contributed by atoms with E-state index in [1.165, 1.54) is 22.2 Å². The predicted octanol–water partition coefficient (Wildman–Crippen LogP) is 3.03. The molecule has 2 aromatic heterocycles. The molecule has 1 amide bonds. The number of thiophene rings is 1. The maximum absolute atomic E-state index is 12.4. The average molecular weight is 387 g/mol. The molecule has 0 unspecified atom stereocenters. The van der Waals surface area contributed by atoms with Gasteiger partial charge in [0.15, 0.2) is 0 Å². The van der Waals surface area contributed by atoms with Gasteiger partial charge in [-0.05, 0) is 39.3 Å². The van der Waals surface area contributed by atoms with E-state index in [1.807, 2.05) is 11.9 Å². The Hall–Kier alpha value is -0.890. The lowest BCUT2D eigenvalue weighted by Crippen LogP contribution is -2.44. The minimum atomic E-state index is 0. The summed E-state index contributed by atoms with van der Waals surface area (Å²) in [6.07, 6.45) is 3.67. The Bertz CT molecular complexity index is 713. The van der Waals surface area contributed by atoms with Crippen LogP contribution in [0.1, 0.15) is 23.3 Å². The molecule has 1 saturated heterocycles. The van der Waals surface area contributed by atoms with Gasteiger partial charge in [0.1, 0.15) is 16.2 Å². The zero-order valence-corrected chi connectivity index (χ0v) is 16.6. The van der Waals surface area contributed by atoms with Crippen molar-refractivity contribution in [1.82, 2.24) is 20.2 Å². The Morgan fingerprint density at radius 3 is 2.75 bits per heavy atom. The molecule has 0 saturated carbocycles. The quantitative estimate of drug-likeness (QED) is 0.646. The fourth-order valence-electron chi connectivity index (χ4n) is 2.90. The average Bonchev–Trinajstić information content (AvgIpc) is 2.88. The van der Waals surface area contributed by atoms with Crippen molar-refractivity contribution < 1.29 is 4.79 Å². The maximum atomic E-state index is 12.4. The third-order valence-corrected chi connectivity index (χ3v) is 6.61. The number of thioether (sulfide) groups is 1. The van der Waals surface area contributed by atoms with E-state index in [4.69, 9.17) is 0 Å². The summed E-state index contributed by atoms with van der Waals surface area (Å²) in [6, 6.07) is 0.546. The van der Waals surface area contributed by atoms with Crippen molar-refractivity contribution >= 4 is 51.6 Å². The third kappa shape index (κ3) is 4.02. The molecule has 1 fully saturated rings. The summed E-state index contributed by atoms with van der Waals surface area (Å²) in [5.41, 5.74) is 1.23. The molecule has 24 heavy (non-hydrogen) atoms. The molecule has 3 heterocycles. The first kappa shape index (κ1) is 19.4. The Kier molecular flexibility index (Phi) is 6.86. The minimum Gasteiger partial charge on any atom is -0.342 e. The van der Waals surface area contributed by atoms with Crippen molar-refractivity contribution in [1.29, 1.82) is 0 Å². The topological polar surface area (TPSA) is 58.1 Å². The van der Waals surface area contributed by atoms with Gasteiger partial charge in [-0.25, -0.2) is 9.97 Å². The van der Waals surface area contributed by atoms with E-state index >= 15 is 0 Å². The lowest BCUT2D eigenvalue weighted by Gasteiger charge is -2.31. The maximum Gasteiger partial charge on any atom is 0.232 e. The lowest BCUT2D eigenvalue weighted by atomic mass is 10.1. The molecule has 0 spiro atoms. The van der Waals surface area contributed by atoms with E-state index in [2.05, 4.69) is 29.1 Å². The van der Waals surface area contributed by atoms with Crippen LogP contribution < -0.4 is 5.32 Å². The SMILES string of the molecule is CNC1CCN(C(=O)CSc2ncnc3sc(C)c(C)c23)CC1.Cl. The number of nitrogens with zero attached hydrogens (tertiary/aromatic N) is 3. The Balaban J connectivity index is 0.00000208. The number of aryl methyl sites for hydroxylation is 2. The molecule has 3 rings (SSSR count). The molecule has 1 aliphatic rings. The fraction of sp³-hybridized carbons (Fsp3) is 0.562. The molecule has 1 N–H and O–H groups in total. The van der Waals surface area contributed by atoms with Gasteiger partial charge in [-0.15, -0.1) is 23.7 Å². The van der Waals surface area contributed by atoms with Gasteiger partial charge in [0.05, 0.1) is 5.75 Å². The first-order valence-corrected chi connectivity index (χ1v) is 9.69. The van der Waals surface area contributed by atoms with Gasteiger partial charge in [0.2, 0.25) is 5.91 Å². The molecule has 8 heteroatoms. The number of hydrogen-bond acceptors (Lipinski definition) is 6. The smallest absolute Gasteiger partial charge is 0.232 e. The van der Waals surface area contributed by atoms with Crippen LogP contribution >= 0.6 is 35.5 Å². The number of halogens is 1. The first-order valence-electron chi connectivity index (χ1n) is 7.88. The summed E-state index contributed by atoms with van der Waals surface area (Å²) in [5, 5.41) is 5.33. The van der Waals surface area contributed by atoms with Crippen LogP contribution in [0.25, 0.3) is 10.2 Å². The van der Waals surface area contributed by atoms with Crippen molar-refractivity contribution in [2.45, 2.75) is 37.8 Å². The molecular weight excluding hydrogens is 364 g/mol. The van der Waals surface area contributed by atoms with Crippen molar-refractivity contribution in [3.63, 3.8) is 0 Å². The summed E-state index contributed by atoms with van der Waals surface area (Å²) >= 11 is 3.23. The Morgan fingerprint density at radius 2 is 2.08 bits per heavy atom. The first-order chi connectivity index (χ1) is 11.1. The van der Waals surface area contributed by atoms with E-state index in [0.717, 1.165) is 41.2 Å². The van der Waals surface area contributed by atoms with Crippen molar-refractivity contribution in [2.75, 3.05) is 25.9 Å². The Labute approximate surface area is 157 Å². The van der Waals surface area contributed by atoms with Crippen LogP contribution in [0.5, 0.6) is 0 Å². The molecular formula is C16H23ClN4OS2. The summed E-state index contributed by atoms with van der Waals surface area (Å²) in [6.45, 7) is 5.90. The highest BCUT2D eigenvalue weighted by molar-refractivity contribution is 8.00. The minimum absolute atomic E-state index is 0. The largest absolute Gasteiger partial charge is 0.342 e. The van der Waals surface area contributed by atoms with E-state index in [1.54, 1.807) is 17.7 Å². The molecule has 0 radical (unpaired) electrons. The molecule has 2 aromatic rings. The normalized spacial score (nSPS) is 15.5. The van der Waals surface area contributed by atoms with Gasteiger partial charge in [-0.2, -0.15) is 0 Å². The lowest BCUT2D eigenvalue weighted by molar-refractivity contribution is -0.129. The number of piperidine rings is 1. The van der Waals surface area contributed by atoms with Crippen molar-refractivity contribution in [2.24, 2.45) is 0 Å². The van der Waals surface area contributed by atoms with Gasteiger partial charge in [-0.1, -0.05) is 11.8 Å². The van der Waals surface area contributed by atoms with Gasteiger partial charge < -0.3 is 10.2 Å². The highest BCUT2D eigenvalue weighted by Crippen LogP contribution is 2.34. The van der Waals surface area contributed by atoms with Crippen LogP contribution in [0.2, 0.25) is 0 Å². The molecule has 0 atom stereocenters. The standard InChI is InChI=1S/C16H22N4OS2.ClH/c1-10-11(2)23-16-14(10)15(18-9-19-16)22-8-13(21)20-6-4-12(17-3)5-7-20;/h9,12,17H,4-8H2,1-3H3;1H. The van der Waals surface area contributed by atoms with Crippen LogP contribution in [0.15, 0.2) is 11.4 Å². The molecule has 0 bridgehead atoms. The van der Waals surface area contributed by atoms with Gasteiger partial charge in [0, 0.05) is 29.4 Å². The van der Waals surface area contributed by atoms with Gasteiger partial charge >= 0.3 is 0 Å². The van der Waals surface area contributed by atoms with E-state index in [-0.39, 0.29) is 18.3 Å². The van der Waals surface area contributed by atoms with Crippen LogP contribution in [0, 0.1) is 13.8 Å². The molecule has 1 aliphatic heterocycles.